The summed E-state index contributed by atoms with van der Waals surface area (Å²) in [6.07, 6.45) is 0.264. The van der Waals surface area contributed by atoms with Gasteiger partial charge in [-0.1, -0.05) is 0 Å². The molecule has 1 aromatic carbocycles. The Labute approximate surface area is 121 Å². The van der Waals surface area contributed by atoms with E-state index in [-0.39, 0.29) is 12.7 Å². The third-order valence-corrected chi connectivity index (χ3v) is 3.10. The number of anilines is 1. The van der Waals surface area contributed by atoms with Crippen molar-refractivity contribution in [2.45, 2.75) is 46.6 Å². The maximum atomic E-state index is 12.1. The van der Waals surface area contributed by atoms with Crippen LogP contribution in [-0.2, 0) is 11.2 Å². The first-order chi connectivity index (χ1) is 9.15. The molecule has 0 aromatic heterocycles. The van der Waals surface area contributed by atoms with Gasteiger partial charge in [-0.05, 0) is 69.9 Å². The minimum atomic E-state index is -0.508. The van der Waals surface area contributed by atoms with Crippen LogP contribution in [-0.4, -0.2) is 30.5 Å². The molecule has 0 saturated carbocycles. The highest BCUT2D eigenvalue weighted by atomic mass is 16.6. The molecule has 4 heteroatoms. The van der Waals surface area contributed by atoms with Gasteiger partial charge in [0.05, 0.1) is 0 Å². The molecule has 0 heterocycles. The van der Waals surface area contributed by atoms with Crippen LogP contribution in [0.5, 0.6) is 0 Å². The second-order valence-electron chi connectivity index (χ2n) is 6.07. The van der Waals surface area contributed by atoms with Crippen molar-refractivity contribution in [3.63, 3.8) is 0 Å². The number of hydrogen-bond acceptors (Lipinski definition) is 3. The zero-order valence-corrected chi connectivity index (χ0v) is 13.3. The smallest absolute Gasteiger partial charge is 0.414 e. The largest absolute Gasteiger partial charge is 0.443 e. The van der Waals surface area contributed by atoms with Crippen LogP contribution in [0.2, 0.25) is 0 Å². The van der Waals surface area contributed by atoms with Crippen molar-refractivity contribution in [3.05, 3.63) is 28.8 Å². The zero-order chi connectivity index (χ0) is 15.5. The first kappa shape index (κ1) is 16.5. The lowest BCUT2D eigenvalue weighted by Gasteiger charge is -2.25. The van der Waals surface area contributed by atoms with Crippen molar-refractivity contribution >= 4 is 11.8 Å². The quantitative estimate of drug-likeness (QED) is 0.924. The summed E-state index contributed by atoms with van der Waals surface area (Å²) < 4.78 is 5.36. The maximum absolute atomic E-state index is 12.1. The Hall–Kier alpha value is -1.55. The van der Waals surface area contributed by atoms with E-state index in [0.29, 0.717) is 6.42 Å². The molecular weight excluding hydrogens is 254 g/mol. The minimum Gasteiger partial charge on any atom is -0.443 e. The van der Waals surface area contributed by atoms with Crippen LogP contribution in [0.3, 0.4) is 0 Å². The van der Waals surface area contributed by atoms with Gasteiger partial charge < -0.3 is 9.84 Å². The number of aryl methyl sites for hydroxylation is 2. The highest BCUT2D eigenvalue weighted by Crippen LogP contribution is 2.24. The van der Waals surface area contributed by atoms with Crippen LogP contribution in [0.1, 0.15) is 37.5 Å². The lowest BCUT2D eigenvalue weighted by molar-refractivity contribution is 0.0589. The Morgan fingerprint density at radius 2 is 1.75 bits per heavy atom. The van der Waals surface area contributed by atoms with E-state index in [1.165, 1.54) is 4.90 Å². The summed E-state index contributed by atoms with van der Waals surface area (Å²) in [6, 6.07) is 3.89. The first-order valence-electron chi connectivity index (χ1n) is 6.83. The molecular formula is C16H25NO3. The summed E-state index contributed by atoms with van der Waals surface area (Å²) in [4.78, 5) is 13.6. The van der Waals surface area contributed by atoms with Gasteiger partial charge in [-0.2, -0.15) is 0 Å². The SMILES string of the molecule is Cc1cc(N(C)C(=O)OC(C)(C)C)cc(C)c1CCO. The molecule has 20 heavy (non-hydrogen) atoms. The minimum absolute atomic E-state index is 0.128. The number of carbonyl (C=O) groups is 1. The molecule has 1 amide bonds. The molecule has 1 rings (SSSR count). The summed E-state index contributed by atoms with van der Waals surface area (Å²) in [5, 5.41) is 9.08. The Balaban J connectivity index is 3.00. The molecule has 0 radical (unpaired) electrons. The molecule has 0 atom stereocenters. The molecule has 0 aliphatic carbocycles. The molecule has 0 fully saturated rings. The van der Waals surface area contributed by atoms with E-state index in [4.69, 9.17) is 9.84 Å². The van der Waals surface area contributed by atoms with Crippen molar-refractivity contribution in [1.82, 2.24) is 0 Å². The topological polar surface area (TPSA) is 49.8 Å². The third-order valence-electron chi connectivity index (χ3n) is 3.10. The predicted molar refractivity (Wildman–Crippen MR) is 81.3 cm³/mol. The molecule has 0 spiro atoms. The summed E-state index contributed by atoms with van der Waals surface area (Å²) in [5.74, 6) is 0. The van der Waals surface area contributed by atoms with Gasteiger partial charge in [0, 0.05) is 19.3 Å². The Morgan fingerprint density at radius 3 is 2.15 bits per heavy atom. The fraction of sp³-hybridized carbons (Fsp3) is 0.562. The average molecular weight is 279 g/mol. The van der Waals surface area contributed by atoms with Crippen LogP contribution >= 0.6 is 0 Å². The molecule has 4 nitrogen and oxygen atoms in total. The zero-order valence-electron chi connectivity index (χ0n) is 13.3. The van der Waals surface area contributed by atoms with Crippen LogP contribution in [0.4, 0.5) is 10.5 Å². The van der Waals surface area contributed by atoms with E-state index >= 15 is 0 Å². The third kappa shape index (κ3) is 4.23. The molecule has 0 bridgehead atoms. The van der Waals surface area contributed by atoms with Crippen molar-refractivity contribution in [3.8, 4) is 0 Å². The van der Waals surface area contributed by atoms with E-state index in [1.54, 1.807) is 7.05 Å². The van der Waals surface area contributed by atoms with Crippen LogP contribution < -0.4 is 4.90 Å². The number of amides is 1. The number of aliphatic hydroxyl groups excluding tert-OH is 1. The summed E-state index contributed by atoms with van der Waals surface area (Å²) >= 11 is 0. The highest BCUT2D eigenvalue weighted by molar-refractivity contribution is 5.87. The fourth-order valence-electron chi connectivity index (χ4n) is 2.11. The van der Waals surface area contributed by atoms with Crippen LogP contribution in [0.25, 0.3) is 0 Å². The molecule has 1 N–H and O–H groups in total. The average Bonchev–Trinajstić information content (AvgIpc) is 2.30. The van der Waals surface area contributed by atoms with E-state index < -0.39 is 5.60 Å². The van der Waals surface area contributed by atoms with E-state index in [9.17, 15) is 4.79 Å². The summed E-state index contributed by atoms with van der Waals surface area (Å²) in [6.45, 7) is 9.65. The van der Waals surface area contributed by atoms with Gasteiger partial charge in [0.25, 0.3) is 0 Å². The van der Waals surface area contributed by atoms with Gasteiger partial charge in [0.1, 0.15) is 5.60 Å². The predicted octanol–water partition coefficient (Wildman–Crippen LogP) is 3.21. The number of ether oxygens (including phenoxy) is 1. The normalized spacial score (nSPS) is 11.3. The summed E-state index contributed by atoms with van der Waals surface area (Å²) in [7, 11) is 1.70. The van der Waals surface area contributed by atoms with Crippen LogP contribution in [0, 0.1) is 13.8 Å². The van der Waals surface area contributed by atoms with E-state index in [0.717, 1.165) is 22.4 Å². The van der Waals surface area contributed by atoms with Gasteiger partial charge in [-0.3, -0.25) is 4.90 Å². The molecule has 0 aliphatic rings. The summed E-state index contributed by atoms with van der Waals surface area (Å²) in [5.41, 5.74) is 3.57. The molecule has 112 valence electrons. The number of nitrogens with zero attached hydrogens (tertiary/aromatic N) is 1. The second-order valence-corrected chi connectivity index (χ2v) is 6.07. The highest BCUT2D eigenvalue weighted by Gasteiger charge is 2.21. The number of rotatable bonds is 3. The van der Waals surface area contributed by atoms with Gasteiger partial charge in [0.15, 0.2) is 0 Å². The van der Waals surface area contributed by atoms with Crippen molar-refractivity contribution in [2.24, 2.45) is 0 Å². The number of benzene rings is 1. The van der Waals surface area contributed by atoms with Crippen molar-refractivity contribution in [1.29, 1.82) is 0 Å². The maximum Gasteiger partial charge on any atom is 0.414 e. The van der Waals surface area contributed by atoms with Gasteiger partial charge in [-0.15, -0.1) is 0 Å². The fourth-order valence-corrected chi connectivity index (χ4v) is 2.11. The van der Waals surface area contributed by atoms with Crippen molar-refractivity contribution < 1.29 is 14.6 Å². The number of carbonyl (C=O) groups excluding carboxylic acids is 1. The lowest BCUT2D eigenvalue weighted by atomic mass is 9.99. The van der Waals surface area contributed by atoms with Gasteiger partial charge in [-0.25, -0.2) is 4.79 Å². The monoisotopic (exact) mass is 279 g/mol. The Kier molecular flexibility index (Phi) is 5.17. The van der Waals surface area contributed by atoms with Crippen molar-refractivity contribution in [2.75, 3.05) is 18.6 Å². The Morgan fingerprint density at radius 1 is 1.25 bits per heavy atom. The second kappa shape index (κ2) is 6.27. The molecule has 0 aliphatic heterocycles. The molecule has 1 aromatic rings. The van der Waals surface area contributed by atoms with E-state index in [1.807, 2.05) is 46.8 Å². The number of hydrogen-bond donors (Lipinski definition) is 1. The number of aliphatic hydroxyl groups is 1. The van der Waals surface area contributed by atoms with Crippen LogP contribution in [0.15, 0.2) is 12.1 Å². The molecule has 0 unspecified atom stereocenters. The molecule has 0 saturated heterocycles. The standard InChI is InChI=1S/C16H25NO3/c1-11-9-13(10-12(2)14(11)7-8-18)17(6)15(19)20-16(3,4)5/h9-10,18H,7-8H2,1-6H3. The lowest BCUT2D eigenvalue weighted by Crippen LogP contribution is -2.34. The Bertz CT molecular complexity index is 466. The van der Waals surface area contributed by atoms with E-state index in [2.05, 4.69) is 0 Å². The first-order valence-corrected chi connectivity index (χ1v) is 6.83. The van der Waals surface area contributed by atoms with Gasteiger partial charge >= 0.3 is 6.09 Å². The van der Waals surface area contributed by atoms with Gasteiger partial charge in [0.2, 0.25) is 0 Å².